The molecule has 4 heteroatoms. The number of carbonyl (C=O) groups is 2. The SMILES string of the molecule is CC1C(=O)NCC(=O)N1C1(C)CCCCC1. The molecule has 0 bridgehead atoms. The zero-order valence-electron chi connectivity index (χ0n) is 10.1. The van der Waals surface area contributed by atoms with Crippen molar-refractivity contribution in [2.24, 2.45) is 0 Å². The second-order valence-electron chi connectivity index (χ2n) is 5.22. The van der Waals surface area contributed by atoms with Gasteiger partial charge in [-0.25, -0.2) is 0 Å². The lowest BCUT2D eigenvalue weighted by atomic mass is 9.80. The number of piperazine rings is 1. The molecule has 0 aromatic carbocycles. The van der Waals surface area contributed by atoms with Gasteiger partial charge in [0.1, 0.15) is 6.04 Å². The molecule has 1 aliphatic carbocycles. The summed E-state index contributed by atoms with van der Waals surface area (Å²) in [7, 11) is 0. The van der Waals surface area contributed by atoms with E-state index in [2.05, 4.69) is 12.2 Å². The van der Waals surface area contributed by atoms with E-state index in [1.54, 1.807) is 0 Å². The Hall–Kier alpha value is -1.06. The molecule has 0 aromatic heterocycles. The van der Waals surface area contributed by atoms with Crippen LogP contribution in [0.4, 0.5) is 0 Å². The molecule has 16 heavy (non-hydrogen) atoms. The van der Waals surface area contributed by atoms with Gasteiger partial charge in [0, 0.05) is 5.54 Å². The minimum absolute atomic E-state index is 0.0219. The Bertz CT molecular complexity index is 308. The first-order valence-corrected chi connectivity index (χ1v) is 6.14. The average Bonchev–Trinajstić information content (AvgIpc) is 2.25. The first-order valence-electron chi connectivity index (χ1n) is 6.14. The number of rotatable bonds is 1. The van der Waals surface area contributed by atoms with E-state index in [4.69, 9.17) is 0 Å². The van der Waals surface area contributed by atoms with Crippen molar-refractivity contribution in [1.82, 2.24) is 10.2 Å². The van der Waals surface area contributed by atoms with Gasteiger partial charge in [-0.15, -0.1) is 0 Å². The Morgan fingerprint density at radius 3 is 2.50 bits per heavy atom. The number of carbonyl (C=O) groups excluding carboxylic acids is 2. The van der Waals surface area contributed by atoms with Crippen molar-refractivity contribution < 1.29 is 9.59 Å². The highest BCUT2D eigenvalue weighted by atomic mass is 16.2. The Morgan fingerprint density at radius 2 is 1.88 bits per heavy atom. The number of hydrogen-bond acceptors (Lipinski definition) is 2. The Balaban J connectivity index is 2.21. The van der Waals surface area contributed by atoms with Gasteiger partial charge in [-0.3, -0.25) is 9.59 Å². The first kappa shape index (κ1) is 11.4. The number of amides is 2. The smallest absolute Gasteiger partial charge is 0.243 e. The third kappa shape index (κ3) is 1.81. The highest BCUT2D eigenvalue weighted by molar-refractivity contribution is 5.95. The fourth-order valence-corrected chi connectivity index (χ4v) is 3.05. The summed E-state index contributed by atoms with van der Waals surface area (Å²) in [6.45, 7) is 4.12. The molecule has 2 aliphatic rings. The standard InChI is InChI=1S/C12H20N2O2/c1-9-11(16)13-8-10(15)14(9)12(2)6-4-3-5-7-12/h9H,3-8H2,1-2H3,(H,13,16). The van der Waals surface area contributed by atoms with E-state index in [1.807, 2.05) is 11.8 Å². The van der Waals surface area contributed by atoms with Gasteiger partial charge in [0.2, 0.25) is 11.8 Å². The molecule has 1 saturated heterocycles. The van der Waals surface area contributed by atoms with Crippen molar-refractivity contribution in [2.75, 3.05) is 6.54 Å². The van der Waals surface area contributed by atoms with Crippen LogP contribution >= 0.6 is 0 Å². The van der Waals surface area contributed by atoms with E-state index in [0.717, 1.165) is 25.7 Å². The van der Waals surface area contributed by atoms with Crippen LogP contribution in [0.2, 0.25) is 0 Å². The van der Waals surface area contributed by atoms with Crippen LogP contribution in [-0.2, 0) is 9.59 Å². The van der Waals surface area contributed by atoms with Gasteiger partial charge in [-0.2, -0.15) is 0 Å². The second kappa shape index (κ2) is 4.07. The maximum atomic E-state index is 12.0. The minimum atomic E-state index is -0.315. The zero-order valence-corrected chi connectivity index (χ0v) is 10.1. The third-order valence-corrected chi connectivity index (χ3v) is 3.96. The molecular weight excluding hydrogens is 204 g/mol. The largest absolute Gasteiger partial charge is 0.345 e. The van der Waals surface area contributed by atoms with Crippen LogP contribution < -0.4 is 5.32 Å². The van der Waals surface area contributed by atoms with Gasteiger partial charge in [0.05, 0.1) is 6.54 Å². The summed E-state index contributed by atoms with van der Waals surface area (Å²) in [5.74, 6) is 0.0444. The predicted molar refractivity (Wildman–Crippen MR) is 60.8 cm³/mol. The normalized spacial score (nSPS) is 30.1. The third-order valence-electron chi connectivity index (χ3n) is 3.96. The molecule has 1 unspecified atom stereocenters. The van der Waals surface area contributed by atoms with Gasteiger partial charge >= 0.3 is 0 Å². The van der Waals surface area contributed by atoms with Crippen LogP contribution in [0.25, 0.3) is 0 Å². The van der Waals surface area contributed by atoms with E-state index >= 15 is 0 Å². The van der Waals surface area contributed by atoms with Gasteiger partial charge < -0.3 is 10.2 Å². The Morgan fingerprint density at radius 1 is 1.25 bits per heavy atom. The molecule has 1 heterocycles. The molecule has 90 valence electrons. The van der Waals surface area contributed by atoms with Gasteiger partial charge in [0.25, 0.3) is 0 Å². The van der Waals surface area contributed by atoms with Crippen LogP contribution in [0, 0.1) is 0 Å². The van der Waals surface area contributed by atoms with Gasteiger partial charge in [-0.1, -0.05) is 19.3 Å². The molecule has 1 atom stereocenters. The van der Waals surface area contributed by atoms with Crippen LogP contribution in [0.1, 0.15) is 46.0 Å². The van der Waals surface area contributed by atoms with E-state index in [1.165, 1.54) is 6.42 Å². The van der Waals surface area contributed by atoms with E-state index < -0.39 is 0 Å². The molecule has 1 N–H and O–H groups in total. The van der Waals surface area contributed by atoms with Crippen LogP contribution in [0.3, 0.4) is 0 Å². The summed E-state index contributed by atoms with van der Waals surface area (Å²) in [4.78, 5) is 25.4. The lowest BCUT2D eigenvalue weighted by Crippen LogP contribution is -2.64. The van der Waals surface area contributed by atoms with Crippen molar-refractivity contribution in [3.05, 3.63) is 0 Å². The molecule has 2 rings (SSSR count). The van der Waals surface area contributed by atoms with Crippen LogP contribution in [0.15, 0.2) is 0 Å². The number of nitrogens with zero attached hydrogens (tertiary/aromatic N) is 1. The molecule has 0 radical (unpaired) electrons. The maximum absolute atomic E-state index is 12.0. The summed E-state index contributed by atoms with van der Waals surface area (Å²) in [5, 5.41) is 2.64. The van der Waals surface area contributed by atoms with E-state index in [-0.39, 0.29) is 29.9 Å². The molecule has 0 aromatic rings. The topological polar surface area (TPSA) is 49.4 Å². The lowest BCUT2D eigenvalue weighted by molar-refractivity contribution is -0.153. The predicted octanol–water partition coefficient (Wildman–Crippen LogP) is 1.06. The average molecular weight is 224 g/mol. The second-order valence-corrected chi connectivity index (χ2v) is 5.22. The van der Waals surface area contributed by atoms with Crippen molar-refractivity contribution in [2.45, 2.75) is 57.5 Å². The van der Waals surface area contributed by atoms with Gasteiger partial charge in [-0.05, 0) is 26.7 Å². The molecule has 2 amide bonds. The number of nitrogens with one attached hydrogen (secondary N) is 1. The minimum Gasteiger partial charge on any atom is -0.345 e. The molecule has 1 aliphatic heterocycles. The van der Waals surface area contributed by atoms with Crippen molar-refractivity contribution in [3.63, 3.8) is 0 Å². The summed E-state index contributed by atoms with van der Waals surface area (Å²) >= 11 is 0. The van der Waals surface area contributed by atoms with Gasteiger partial charge in [0.15, 0.2) is 0 Å². The van der Waals surface area contributed by atoms with Crippen LogP contribution in [-0.4, -0.2) is 34.8 Å². The van der Waals surface area contributed by atoms with E-state index in [0.29, 0.717) is 0 Å². The Labute approximate surface area is 96.4 Å². The summed E-state index contributed by atoms with van der Waals surface area (Å²) < 4.78 is 0. The summed E-state index contributed by atoms with van der Waals surface area (Å²) in [6, 6.07) is -0.315. The molecule has 0 spiro atoms. The van der Waals surface area contributed by atoms with Crippen molar-refractivity contribution in [1.29, 1.82) is 0 Å². The monoisotopic (exact) mass is 224 g/mol. The fourth-order valence-electron chi connectivity index (χ4n) is 3.05. The maximum Gasteiger partial charge on any atom is 0.243 e. The van der Waals surface area contributed by atoms with Crippen molar-refractivity contribution in [3.8, 4) is 0 Å². The van der Waals surface area contributed by atoms with Crippen LogP contribution in [0.5, 0.6) is 0 Å². The Kier molecular flexibility index (Phi) is 2.91. The molecule has 2 fully saturated rings. The van der Waals surface area contributed by atoms with Crippen molar-refractivity contribution >= 4 is 11.8 Å². The molecule has 1 saturated carbocycles. The summed E-state index contributed by atoms with van der Waals surface area (Å²) in [5.41, 5.74) is -0.105. The number of hydrogen-bond donors (Lipinski definition) is 1. The zero-order chi connectivity index (χ0) is 11.8. The lowest BCUT2D eigenvalue weighted by Gasteiger charge is -2.48. The fraction of sp³-hybridized carbons (Fsp3) is 0.833. The molecule has 4 nitrogen and oxygen atoms in total. The highest BCUT2D eigenvalue weighted by Crippen LogP contribution is 2.35. The quantitative estimate of drug-likeness (QED) is 0.724. The summed E-state index contributed by atoms with van der Waals surface area (Å²) in [6.07, 6.45) is 5.62. The molecular formula is C12H20N2O2. The van der Waals surface area contributed by atoms with E-state index in [9.17, 15) is 9.59 Å². The highest BCUT2D eigenvalue weighted by Gasteiger charge is 2.43. The first-order chi connectivity index (χ1) is 7.54.